The second kappa shape index (κ2) is 6.86. The summed E-state index contributed by atoms with van der Waals surface area (Å²) in [6.45, 7) is 10.1. The molecule has 0 radical (unpaired) electrons. The zero-order chi connectivity index (χ0) is 10.2. The molecule has 0 amide bonds. The fraction of sp³-hybridized carbons (Fsp3) is 0.833. The van der Waals surface area contributed by atoms with Gasteiger partial charge in [0.2, 0.25) is 0 Å². The first-order valence-corrected chi connectivity index (χ1v) is 5.69. The van der Waals surface area contributed by atoms with Gasteiger partial charge in [-0.1, -0.05) is 6.92 Å². The van der Waals surface area contributed by atoms with Crippen molar-refractivity contribution in [3.8, 4) is 11.8 Å². The van der Waals surface area contributed by atoms with Gasteiger partial charge in [0.25, 0.3) is 0 Å². The van der Waals surface area contributed by atoms with Gasteiger partial charge in [-0.05, 0) is 38.9 Å². The van der Waals surface area contributed by atoms with Crippen LogP contribution in [0.2, 0.25) is 0 Å². The molecule has 1 rings (SSSR count). The Labute approximate surface area is 88.1 Å². The van der Waals surface area contributed by atoms with Crippen LogP contribution in [0.5, 0.6) is 0 Å². The molecule has 1 atom stereocenters. The molecule has 1 heterocycles. The molecule has 2 heteroatoms. The van der Waals surface area contributed by atoms with E-state index in [9.17, 15) is 0 Å². The third-order valence-electron chi connectivity index (χ3n) is 2.85. The third-order valence-corrected chi connectivity index (χ3v) is 2.85. The van der Waals surface area contributed by atoms with E-state index in [0.29, 0.717) is 0 Å². The quantitative estimate of drug-likeness (QED) is 0.525. The maximum Gasteiger partial charge on any atom is 0.0214 e. The molecule has 1 fully saturated rings. The number of hydrogen-bond donors (Lipinski definition) is 1. The van der Waals surface area contributed by atoms with Gasteiger partial charge < -0.3 is 10.2 Å². The highest BCUT2D eigenvalue weighted by Crippen LogP contribution is 2.14. The van der Waals surface area contributed by atoms with E-state index < -0.39 is 0 Å². The molecular weight excluding hydrogens is 172 g/mol. The first kappa shape index (κ1) is 11.6. The Balaban J connectivity index is 1.99. The number of likely N-dealkylation sites (tertiary alicyclic amines) is 1. The van der Waals surface area contributed by atoms with Gasteiger partial charge in [-0.25, -0.2) is 0 Å². The second-order valence-electron chi connectivity index (χ2n) is 3.93. The van der Waals surface area contributed by atoms with E-state index in [0.717, 1.165) is 18.9 Å². The molecule has 1 saturated heterocycles. The van der Waals surface area contributed by atoms with E-state index in [4.69, 9.17) is 0 Å². The Kier molecular flexibility index (Phi) is 5.66. The van der Waals surface area contributed by atoms with Gasteiger partial charge in [-0.15, -0.1) is 11.8 Å². The average Bonchev–Trinajstić information content (AvgIpc) is 2.65. The Morgan fingerprint density at radius 3 is 3.00 bits per heavy atom. The summed E-state index contributed by atoms with van der Waals surface area (Å²) in [6, 6.07) is 0. The van der Waals surface area contributed by atoms with Crippen molar-refractivity contribution in [2.45, 2.75) is 26.7 Å². The minimum absolute atomic E-state index is 0.865. The number of nitrogens with one attached hydrogen (secondary N) is 1. The van der Waals surface area contributed by atoms with Gasteiger partial charge in [-0.2, -0.15) is 0 Å². The Hall–Kier alpha value is -0.520. The molecule has 2 nitrogen and oxygen atoms in total. The van der Waals surface area contributed by atoms with Crippen LogP contribution in [-0.4, -0.2) is 37.6 Å². The molecule has 1 aliphatic rings. The van der Waals surface area contributed by atoms with Crippen molar-refractivity contribution in [2.75, 3.05) is 32.7 Å². The summed E-state index contributed by atoms with van der Waals surface area (Å²) < 4.78 is 0. The van der Waals surface area contributed by atoms with Crippen LogP contribution in [0.25, 0.3) is 0 Å². The molecule has 0 aliphatic carbocycles. The minimum atomic E-state index is 0.865. The molecular formula is C12H22N2. The highest BCUT2D eigenvalue weighted by atomic mass is 15.1. The van der Waals surface area contributed by atoms with Crippen molar-refractivity contribution < 1.29 is 0 Å². The molecule has 0 saturated carbocycles. The normalized spacial score (nSPS) is 22.0. The van der Waals surface area contributed by atoms with Crippen LogP contribution in [0.1, 0.15) is 26.7 Å². The van der Waals surface area contributed by atoms with E-state index in [1.165, 1.54) is 32.6 Å². The molecule has 0 aromatic rings. The van der Waals surface area contributed by atoms with Gasteiger partial charge >= 0.3 is 0 Å². The van der Waals surface area contributed by atoms with Crippen LogP contribution < -0.4 is 5.32 Å². The highest BCUT2D eigenvalue weighted by molar-refractivity contribution is 4.95. The van der Waals surface area contributed by atoms with Crippen LogP contribution in [0.15, 0.2) is 0 Å². The lowest BCUT2D eigenvalue weighted by Crippen LogP contribution is -2.26. The Bertz CT molecular complexity index is 202. The monoisotopic (exact) mass is 194 g/mol. The van der Waals surface area contributed by atoms with Crippen LogP contribution >= 0.6 is 0 Å². The molecule has 0 aromatic carbocycles. The summed E-state index contributed by atoms with van der Waals surface area (Å²) in [5.74, 6) is 6.85. The second-order valence-corrected chi connectivity index (χ2v) is 3.93. The molecule has 1 unspecified atom stereocenters. The van der Waals surface area contributed by atoms with Crippen molar-refractivity contribution in [3.63, 3.8) is 0 Å². The first-order chi connectivity index (χ1) is 6.86. The topological polar surface area (TPSA) is 15.3 Å². The lowest BCUT2D eigenvalue weighted by molar-refractivity contribution is 0.339. The zero-order valence-electron chi connectivity index (χ0n) is 9.47. The van der Waals surface area contributed by atoms with Crippen LogP contribution in [-0.2, 0) is 0 Å². The molecule has 1 N–H and O–H groups in total. The van der Waals surface area contributed by atoms with Gasteiger partial charge in [0, 0.05) is 19.5 Å². The fourth-order valence-electron chi connectivity index (χ4n) is 1.95. The Morgan fingerprint density at radius 2 is 2.36 bits per heavy atom. The zero-order valence-corrected chi connectivity index (χ0v) is 9.47. The van der Waals surface area contributed by atoms with E-state index in [2.05, 4.69) is 29.0 Å². The molecule has 14 heavy (non-hydrogen) atoms. The molecule has 0 aromatic heterocycles. The smallest absolute Gasteiger partial charge is 0.0214 e. The SMILES string of the molecule is CC#CCCNCC1CCN(CC)C1. The molecule has 0 bridgehead atoms. The first-order valence-electron chi connectivity index (χ1n) is 5.69. The fourth-order valence-corrected chi connectivity index (χ4v) is 1.95. The highest BCUT2D eigenvalue weighted by Gasteiger charge is 2.19. The number of hydrogen-bond acceptors (Lipinski definition) is 2. The van der Waals surface area contributed by atoms with Gasteiger partial charge in [0.15, 0.2) is 0 Å². The van der Waals surface area contributed by atoms with Crippen LogP contribution in [0, 0.1) is 17.8 Å². The summed E-state index contributed by atoms with van der Waals surface area (Å²) in [5, 5.41) is 3.48. The minimum Gasteiger partial charge on any atom is -0.315 e. The summed E-state index contributed by atoms with van der Waals surface area (Å²) >= 11 is 0. The standard InChI is InChI=1S/C12H22N2/c1-3-5-6-8-13-10-12-7-9-14(4-2)11-12/h12-13H,4,6-11H2,1-2H3. The van der Waals surface area contributed by atoms with Crippen molar-refractivity contribution in [1.29, 1.82) is 0 Å². The van der Waals surface area contributed by atoms with Crippen LogP contribution in [0.4, 0.5) is 0 Å². The summed E-state index contributed by atoms with van der Waals surface area (Å²) in [6.07, 6.45) is 2.35. The lowest BCUT2D eigenvalue weighted by atomic mass is 10.1. The summed E-state index contributed by atoms with van der Waals surface area (Å²) in [4.78, 5) is 2.53. The molecule has 1 aliphatic heterocycles. The Morgan fingerprint density at radius 1 is 1.50 bits per heavy atom. The third kappa shape index (κ3) is 4.13. The van der Waals surface area contributed by atoms with Crippen molar-refractivity contribution in [1.82, 2.24) is 10.2 Å². The average molecular weight is 194 g/mol. The summed E-state index contributed by atoms with van der Waals surface area (Å²) in [5.41, 5.74) is 0. The van der Waals surface area contributed by atoms with Crippen molar-refractivity contribution >= 4 is 0 Å². The van der Waals surface area contributed by atoms with E-state index in [-0.39, 0.29) is 0 Å². The molecule has 80 valence electrons. The van der Waals surface area contributed by atoms with Gasteiger partial charge in [0.1, 0.15) is 0 Å². The van der Waals surface area contributed by atoms with Gasteiger partial charge in [0.05, 0.1) is 0 Å². The number of nitrogens with zero attached hydrogens (tertiary/aromatic N) is 1. The maximum absolute atomic E-state index is 3.48. The predicted octanol–water partition coefficient (Wildman–Crippen LogP) is 1.33. The van der Waals surface area contributed by atoms with E-state index in [1.54, 1.807) is 0 Å². The largest absolute Gasteiger partial charge is 0.315 e. The van der Waals surface area contributed by atoms with Crippen LogP contribution in [0.3, 0.4) is 0 Å². The van der Waals surface area contributed by atoms with E-state index >= 15 is 0 Å². The lowest BCUT2D eigenvalue weighted by Gasteiger charge is -2.13. The van der Waals surface area contributed by atoms with Gasteiger partial charge in [-0.3, -0.25) is 0 Å². The van der Waals surface area contributed by atoms with E-state index in [1.807, 2.05) is 6.92 Å². The maximum atomic E-state index is 3.48. The summed E-state index contributed by atoms with van der Waals surface area (Å²) in [7, 11) is 0. The number of rotatable bonds is 5. The predicted molar refractivity (Wildman–Crippen MR) is 61.2 cm³/mol. The van der Waals surface area contributed by atoms with Crippen molar-refractivity contribution in [3.05, 3.63) is 0 Å². The van der Waals surface area contributed by atoms with Crippen molar-refractivity contribution in [2.24, 2.45) is 5.92 Å². The molecule has 0 spiro atoms.